The number of benzene rings is 5. The molecule has 0 radical (unpaired) electrons. The molecule has 0 spiro atoms. The van der Waals surface area contributed by atoms with Gasteiger partial charge in [-0.05, 0) is 97.6 Å². The van der Waals surface area contributed by atoms with Gasteiger partial charge in [0.2, 0.25) is 0 Å². The lowest BCUT2D eigenvalue weighted by molar-refractivity contribution is 0.102. The Balaban J connectivity index is 1.32. The van der Waals surface area contributed by atoms with Gasteiger partial charge in [-0.3, -0.25) is 4.79 Å². The quantitative estimate of drug-likeness (QED) is 0.228. The van der Waals surface area contributed by atoms with Gasteiger partial charge in [0.25, 0.3) is 5.91 Å². The Morgan fingerprint density at radius 3 is 1.89 bits per heavy atom. The summed E-state index contributed by atoms with van der Waals surface area (Å²) < 4.78 is 0. The first kappa shape index (κ1) is 24.5. The fourth-order valence-corrected chi connectivity index (χ4v) is 3.93. The molecular weight excluding hydrogens is 474 g/mol. The maximum atomic E-state index is 12.5. The molecule has 7 nitrogen and oxygen atoms in total. The number of azo groups is 2. The average molecular weight is 500 g/mol. The zero-order chi connectivity index (χ0) is 26.5. The van der Waals surface area contributed by atoms with Crippen molar-refractivity contribution in [3.05, 3.63) is 120 Å². The van der Waals surface area contributed by atoms with Crippen molar-refractivity contribution in [2.45, 2.75) is 13.8 Å². The summed E-state index contributed by atoms with van der Waals surface area (Å²) in [6, 6.07) is 31.3. The second-order valence-corrected chi connectivity index (χ2v) is 8.90. The first-order chi connectivity index (χ1) is 18.5. The van der Waals surface area contributed by atoms with Gasteiger partial charge >= 0.3 is 0 Å². The lowest BCUT2D eigenvalue weighted by atomic mass is 10.0. The van der Waals surface area contributed by atoms with Crippen molar-refractivity contribution < 1.29 is 9.90 Å². The van der Waals surface area contributed by atoms with Crippen LogP contribution in [0.25, 0.3) is 10.8 Å². The average Bonchev–Trinajstić information content (AvgIpc) is 2.93. The third-order valence-electron chi connectivity index (χ3n) is 6.00. The fraction of sp³-hybridized carbons (Fsp3) is 0.0645. The molecule has 0 unspecified atom stereocenters. The minimum Gasteiger partial charge on any atom is -0.505 e. The normalized spacial score (nSPS) is 11.4. The molecule has 7 heteroatoms. The van der Waals surface area contributed by atoms with Gasteiger partial charge in [0.15, 0.2) is 5.75 Å². The Morgan fingerprint density at radius 1 is 0.684 bits per heavy atom. The van der Waals surface area contributed by atoms with Crippen LogP contribution in [-0.4, -0.2) is 11.0 Å². The van der Waals surface area contributed by atoms with Crippen LogP contribution in [0.15, 0.2) is 124 Å². The van der Waals surface area contributed by atoms with Crippen LogP contribution in [0.4, 0.5) is 28.4 Å². The van der Waals surface area contributed by atoms with Crippen molar-refractivity contribution in [3.8, 4) is 5.75 Å². The van der Waals surface area contributed by atoms with E-state index in [1.165, 1.54) is 5.56 Å². The minimum atomic E-state index is -0.195. The van der Waals surface area contributed by atoms with E-state index in [4.69, 9.17) is 0 Å². The summed E-state index contributed by atoms with van der Waals surface area (Å²) in [6.07, 6.45) is 0. The third kappa shape index (κ3) is 5.63. The molecule has 0 bridgehead atoms. The molecule has 5 aromatic carbocycles. The van der Waals surface area contributed by atoms with Crippen LogP contribution in [0.1, 0.15) is 21.5 Å². The molecule has 2 N–H and O–H groups in total. The molecule has 0 fully saturated rings. The van der Waals surface area contributed by atoms with E-state index in [1.807, 2.05) is 80.6 Å². The largest absolute Gasteiger partial charge is 0.505 e. The Hall–Kier alpha value is -5.17. The number of hydrogen-bond donors (Lipinski definition) is 2. The topological polar surface area (TPSA) is 98.8 Å². The Labute approximate surface area is 220 Å². The number of hydrogen-bond acceptors (Lipinski definition) is 6. The van der Waals surface area contributed by atoms with Crippen molar-refractivity contribution in [1.29, 1.82) is 0 Å². The van der Waals surface area contributed by atoms with Gasteiger partial charge < -0.3 is 10.4 Å². The van der Waals surface area contributed by atoms with Gasteiger partial charge in [0.1, 0.15) is 5.69 Å². The molecule has 0 atom stereocenters. The summed E-state index contributed by atoms with van der Waals surface area (Å²) in [5.41, 5.74) is 5.64. The van der Waals surface area contributed by atoms with Crippen LogP contribution in [0, 0.1) is 13.8 Å². The molecule has 0 aliphatic heterocycles. The second-order valence-electron chi connectivity index (χ2n) is 8.90. The standard InChI is InChI=1S/C31H25N5O2/c1-20-8-10-24(11-9-20)33-34-25-12-14-26(15-13-25)35-36-29-21(2)18-23-19-27(16-17-28(23)30(29)37)32-31(38)22-6-4-3-5-7-22/h3-19,37H,1-2H3,(H,32,38)/b34-33+,36-35+. The summed E-state index contributed by atoms with van der Waals surface area (Å²) in [5.74, 6) is -0.160. The highest BCUT2D eigenvalue weighted by Gasteiger charge is 2.12. The van der Waals surface area contributed by atoms with Crippen molar-refractivity contribution in [2.24, 2.45) is 20.5 Å². The SMILES string of the molecule is Cc1ccc(/N=N/c2ccc(/N=N/c3c(C)cc4cc(NC(=O)c5ccccc5)ccc4c3O)cc2)cc1. The maximum Gasteiger partial charge on any atom is 0.255 e. The number of carbonyl (C=O) groups is 1. The van der Waals surface area contributed by atoms with Gasteiger partial charge in [-0.25, -0.2) is 0 Å². The van der Waals surface area contributed by atoms with Crippen LogP contribution < -0.4 is 5.32 Å². The first-order valence-corrected chi connectivity index (χ1v) is 12.1. The number of nitrogens with one attached hydrogen (secondary N) is 1. The lowest BCUT2D eigenvalue weighted by Crippen LogP contribution is -2.11. The van der Waals surface area contributed by atoms with E-state index in [0.29, 0.717) is 33.7 Å². The van der Waals surface area contributed by atoms with E-state index in [2.05, 4.69) is 25.8 Å². The van der Waals surface area contributed by atoms with Crippen LogP contribution in [0.3, 0.4) is 0 Å². The number of phenols is 1. The van der Waals surface area contributed by atoms with Gasteiger partial charge in [0, 0.05) is 16.6 Å². The molecule has 0 saturated heterocycles. The predicted molar refractivity (Wildman–Crippen MR) is 151 cm³/mol. The smallest absolute Gasteiger partial charge is 0.255 e. The molecule has 0 aromatic heterocycles. The second kappa shape index (κ2) is 10.8. The van der Waals surface area contributed by atoms with E-state index in [0.717, 1.165) is 16.6 Å². The van der Waals surface area contributed by atoms with E-state index >= 15 is 0 Å². The van der Waals surface area contributed by atoms with Gasteiger partial charge in [-0.2, -0.15) is 15.3 Å². The molecular formula is C31H25N5O2. The number of fused-ring (bicyclic) bond motifs is 1. The Bertz CT molecular complexity index is 1660. The molecule has 0 aliphatic rings. The number of amides is 1. The summed E-state index contributed by atoms with van der Waals surface area (Å²) >= 11 is 0. The van der Waals surface area contributed by atoms with Gasteiger partial charge in [-0.15, -0.1) is 5.11 Å². The van der Waals surface area contributed by atoms with Gasteiger partial charge in [-0.1, -0.05) is 35.9 Å². The van der Waals surface area contributed by atoms with Crippen LogP contribution >= 0.6 is 0 Å². The maximum absolute atomic E-state index is 12.5. The molecule has 0 saturated carbocycles. The van der Waals surface area contributed by atoms with Crippen LogP contribution in [0.5, 0.6) is 5.75 Å². The van der Waals surface area contributed by atoms with Crippen molar-refractivity contribution in [1.82, 2.24) is 0 Å². The number of carbonyl (C=O) groups excluding carboxylic acids is 1. The molecule has 38 heavy (non-hydrogen) atoms. The summed E-state index contributed by atoms with van der Waals surface area (Å²) in [6.45, 7) is 3.88. The number of aromatic hydroxyl groups is 1. The highest BCUT2D eigenvalue weighted by molar-refractivity contribution is 6.05. The summed E-state index contributed by atoms with van der Waals surface area (Å²) in [7, 11) is 0. The Morgan fingerprint density at radius 2 is 1.26 bits per heavy atom. The lowest BCUT2D eigenvalue weighted by Gasteiger charge is -2.10. The Kier molecular flexibility index (Phi) is 6.99. The number of nitrogens with zero attached hydrogens (tertiary/aromatic N) is 4. The zero-order valence-electron chi connectivity index (χ0n) is 21.0. The van der Waals surface area contributed by atoms with Crippen molar-refractivity contribution >= 4 is 45.1 Å². The summed E-state index contributed by atoms with van der Waals surface area (Å²) in [4.78, 5) is 12.5. The van der Waals surface area contributed by atoms with E-state index in [-0.39, 0.29) is 11.7 Å². The third-order valence-corrected chi connectivity index (χ3v) is 6.00. The van der Waals surface area contributed by atoms with Gasteiger partial charge in [0.05, 0.1) is 17.1 Å². The highest BCUT2D eigenvalue weighted by atomic mass is 16.3. The molecule has 5 aromatic rings. The van der Waals surface area contributed by atoms with Crippen molar-refractivity contribution in [2.75, 3.05) is 5.32 Å². The van der Waals surface area contributed by atoms with E-state index < -0.39 is 0 Å². The molecule has 5 rings (SSSR count). The molecule has 1 amide bonds. The number of rotatable bonds is 6. The molecule has 0 aliphatic carbocycles. The fourth-order valence-electron chi connectivity index (χ4n) is 3.93. The first-order valence-electron chi connectivity index (χ1n) is 12.1. The minimum absolute atomic E-state index is 0.0354. The molecule has 0 heterocycles. The van der Waals surface area contributed by atoms with E-state index in [1.54, 1.807) is 36.4 Å². The van der Waals surface area contributed by atoms with Crippen molar-refractivity contribution in [3.63, 3.8) is 0 Å². The number of anilines is 1. The molecule has 186 valence electrons. The number of phenolic OH excluding ortho intramolecular Hbond substituents is 1. The van der Waals surface area contributed by atoms with E-state index in [9.17, 15) is 9.90 Å². The number of aryl methyl sites for hydroxylation is 2. The monoisotopic (exact) mass is 499 g/mol. The van der Waals surface area contributed by atoms with Crippen LogP contribution in [-0.2, 0) is 0 Å². The zero-order valence-corrected chi connectivity index (χ0v) is 21.0. The van der Waals surface area contributed by atoms with Crippen LogP contribution in [0.2, 0.25) is 0 Å². The highest BCUT2D eigenvalue weighted by Crippen LogP contribution is 2.39. The predicted octanol–water partition coefficient (Wildman–Crippen LogP) is 9.25. The summed E-state index contributed by atoms with van der Waals surface area (Å²) in [5, 5.41) is 32.4.